The molecule has 3 nitrogen and oxygen atoms in total. The summed E-state index contributed by atoms with van der Waals surface area (Å²) in [6.45, 7) is 1.48. The van der Waals surface area contributed by atoms with Crippen LogP contribution in [0.2, 0.25) is 0 Å². The van der Waals surface area contributed by atoms with E-state index >= 15 is 0 Å². The van der Waals surface area contributed by atoms with Crippen LogP contribution in [0, 0.1) is 6.92 Å². The van der Waals surface area contributed by atoms with Crippen molar-refractivity contribution >= 4 is 0 Å². The highest BCUT2D eigenvalue weighted by molar-refractivity contribution is 5.49. The van der Waals surface area contributed by atoms with Gasteiger partial charge in [0, 0.05) is 6.04 Å². The van der Waals surface area contributed by atoms with E-state index in [0.717, 1.165) is 11.1 Å². The number of rotatable bonds is 5. The van der Waals surface area contributed by atoms with Gasteiger partial charge in [-0.1, -0.05) is 0 Å². The predicted octanol–water partition coefficient (Wildman–Crippen LogP) is 2.37. The van der Waals surface area contributed by atoms with Gasteiger partial charge in [0.25, 0.3) is 0 Å². The fourth-order valence-corrected chi connectivity index (χ4v) is 1.70. The Morgan fingerprint density at radius 1 is 1.25 bits per heavy atom. The molecule has 2 N–H and O–H groups in total. The number of alkyl halides is 1. The van der Waals surface area contributed by atoms with E-state index in [1.807, 2.05) is 19.1 Å². The first-order valence-electron chi connectivity index (χ1n) is 5.18. The number of aryl methyl sites for hydroxylation is 1. The van der Waals surface area contributed by atoms with Gasteiger partial charge in [-0.15, -0.1) is 0 Å². The number of methoxy groups -OCH3 is 2. The first kappa shape index (κ1) is 12.8. The van der Waals surface area contributed by atoms with Gasteiger partial charge in [0.05, 0.1) is 26.5 Å². The molecular formula is C12H18FNO2. The first-order chi connectivity index (χ1) is 7.63. The largest absolute Gasteiger partial charge is 0.496 e. The number of ether oxygens (including phenoxy) is 2. The Bertz CT molecular complexity index is 330. The minimum absolute atomic E-state index is 0.260. The zero-order valence-corrected chi connectivity index (χ0v) is 9.92. The van der Waals surface area contributed by atoms with Crippen LogP contribution in [0.5, 0.6) is 11.5 Å². The van der Waals surface area contributed by atoms with E-state index in [9.17, 15) is 4.39 Å². The lowest BCUT2D eigenvalue weighted by molar-refractivity contribution is 0.368. The van der Waals surface area contributed by atoms with Crippen molar-refractivity contribution in [1.82, 2.24) is 0 Å². The van der Waals surface area contributed by atoms with E-state index in [-0.39, 0.29) is 6.42 Å². The molecule has 0 radical (unpaired) electrons. The summed E-state index contributed by atoms with van der Waals surface area (Å²) in [5, 5.41) is 0. The maximum atomic E-state index is 12.3. The molecule has 1 aromatic rings. The number of hydrogen-bond acceptors (Lipinski definition) is 3. The number of hydrogen-bond donors (Lipinski definition) is 1. The molecule has 16 heavy (non-hydrogen) atoms. The van der Waals surface area contributed by atoms with Crippen LogP contribution in [0.1, 0.15) is 23.6 Å². The lowest BCUT2D eigenvalue weighted by atomic mass is 10.0. The van der Waals surface area contributed by atoms with Crippen LogP contribution in [0.15, 0.2) is 12.1 Å². The normalized spacial score (nSPS) is 12.3. The summed E-state index contributed by atoms with van der Waals surface area (Å²) in [5.41, 5.74) is 7.66. The third-order valence-electron chi connectivity index (χ3n) is 2.48. The average Bonchev–Trinajstić information content (AvgIpc) is 2.27. The molecule has 0 unspecified atom stereocenters. The van der Waals surface area contributed by atoms with Crippen molar-refractivity contribution in [2.24, 2.45) is 5.73 Å². The van der Waals surface area contributed by atoms with Crippen LogP contribution < -0.4 is 15.2 Å². The number of benzene rings is 1. The van der Waals surface area contributed by atoms with Crippen molar-refractivity contribution in [3.05, 3.63) is 23.3 Å². The van der Waals surface area contributed by atoms with Crippen LogP contribution in [-0.4, -0.2) is 20.9 Å². The smallest absolute Gasteiger partial charge is 0.127 e. The summed E-state index contributed by atoms with van der Waals surface area (Å²) in [4.78, 5) is 0. The molecule has 0 aliphatic rings. The lowest BCUT2D eigenvalue weighted by Crippen LogP contribution is -2.14. The molecule has 0 saturated heterocycles. The van der Waals surface area contributed by atoms with Gasteiger partial charge in [-0.3, -0.25) is 4.39 Å². The Hall–Kier alpha value is -1.29. The minimum atomic E-state index is -0.457. The molecule has 0 spiro atoms. The van der Waals surface area contributed by atoms with Crippen LogP contribution >= 0.6 is 0 Å². The zero-order valence-electron chi connectivity index (χ0n) is 9.92. The summed E-state index contributed by atoms with van der Waals surface area (Å²) in [7, 11) is 3.14. The highest BCUT2D eigenvalue weighted by Gasteiger charge is 2.18. The van der Waals surface area contributed by atoms with E-state index < -0.39 is 12.7 Å². The van der Waals surface area contributed by atoms with Crippen LogP contribution in [0.25, 0.3) is 0 Å². The standard InChI is InChI=1S/C12H18FNO2/c1-8-6-10(15-2)12(9(14)4-5-13)11(7-8)16-3/h6-7,9H,4-5,14H2,1-3H3/t9-/m1/s1. The molecule has 0 amide bonds. The first-order valence-corrected chi connectivity index (χ1v) is 5.18. The molecule has 1 atom stereocenters. The van der Waals surface area contributed by atoms with Crippen LogP contribution in [-0.2, 0) is 0 Å². The summed E-state index contributed by atoms with van der Waals surface area (Å²) >= 11 is 0. The second kappa shape index (κ2) is 5.70. The van der Waals surface area contributed by atoms with Crippen molar-refractivity contribution < 1.29 is 13.9 Å². The summed E-state index contributed by atoms with van der Waals surface area (Å²) in [6, 6.07) is 3.34. The van der Waals surface area contributed by atoms with Crippen LogP contribution in [0.3, 0.4) is 0 Å². The third-order valence-corrected chi connectivity index (χ3v) is 2.48. The van der Waals surface area contributed by atoms with Crippen molar-refractivity contribution in [2.45, 2.75) is 19.4 Å². The molecule has 0 aliphatic heterocycles. The van der Waals surface area contributed by atoms with Gasteiger partial charge in [-0.05, 0) is 31.0 Å². The summed E-state index contributed by atoms with van der Waals surface area (Å²) < 4.78 is 22.8. The molecule has 0 bridgehead atoms. The van der Waals surface area contributed by atoms with Crippen molar-refractivity contribution in [1.29, 1.82) is 0 Å². The third kappa shape index (κ3) is 2.64. The van der Waals surface area contributed by atoms with E-state index in [2.05, 4.69) is 0 Å². The van der Waals surface area contributed by atoms with Gasteiger partial charge < -0.3 is 15.2 Å². The van der Waals surface area contributed by atoms with Gasteiger partial charge in [-0.2, -0.15) is 0 Å². The molecular weight excluding hydrogens is 209 g/mol. The molecule has 0 aliphatic carbocycles. The monoisotopic (exact) mass is 227 g/mol. The highest BCUT2D eigenvalue weighted by atomic mass is 19.1. The Labute approximate surface area is 95.4 Å². The summed E-state index contributed by atoms with van der Waals surface area (Å²) in [6.07, 6.45) is 0.260. The topological polar surface area (TPSA) is 44.5 Å². The maximum Gasteiger partial charge on any atom is 0.127 e. The average molecular weight is 227 g/mol. The lowest BCUT2D eigenvalue weighted by Gasteiger charge is -2.18. The van der Waals surface area contributed by atoms with Gasteiger partial charge in [0.1, 0.15) is 11.5 Å². The van der Waals surface area contributed by atoms with E-state index in [1.54, 1.807) is 14.2 Å². The molecule has 90 valence electrons. The SMILES string of the molecule is COc1cc(C)cc(OC)c1[C@H](N)CCF. The number of nitrogens with two attached hydrogens (primary N) is 1. The molecule has 1 rings (SSSR count). The van der Waals surface area contributed by atoms with Crippen molar-refractivity contribution in [3.63, 3.8) is 0 Å². The van der Waals surface area contributed by atoms with E-state index in [1.165, 1.54) is 0 Å². The van der Waals surface area contributed by atoms with Gasteiger partial charge in [0.2, 0.25) is 0 Å². The van der Waals surface area contributed by atoms with Crippen molar-refractivity contribution in [3.8, 4) is 11.5 Å². The highest BCUT2D eigenvalue weighted by Crippen LogP contribution is 2.35. The molecule has 0 heterocycles. The Morgan fingerprint density at radius 3 is 2.12 bits per heavy atom. The second-order valence-corrected chi connectivity index (χ2v) is 3.67. The van der Waals surface area contributed by atoms with Crippen LogP contribution in [0.4, 0.5) is 4.39 Å². The Morgan fingerprint density at radius 2 is 1.75 bits per heavy atom. The Balaban J connectivity index is 3.21. The maximum absolute atomic E-state index is 12.3. The van der Waals surface area contributed by atoms with Crippen molar-refractivity contribution in [2.75, 3.05) is 20.9 Å². The summed E-state index contributed by atoms with van der Waals surface area (Å²) in [5.74, 6) is 1.30. The Kier molecular flexibility index (Phi) is 4.55. The quantitative estimate of drug-likeness (QED) is 0.839. The number of halogens is 1. The molecule has 0 fully saturated rings. The van der Waals surface area contributed by atoms with Gasteiger partial charge in [-0.25, -0.2) is 0 Å². The zero-order chi connectivity index (χ0) is 12.1. The van der Waals surface area contributed by atoms with E-state index in [0.29, 0.717) is 11.5 Å². The molecule has 0 saturated carbocycles. The fraction of sp³-hybridized carbons (Fsp3) is 0.500. The molecule has 0 aromatic heterocycles. The molecule has 1 aromatic carbocycles. The minimum Gasteiger partial charge on any atom is -0.496 e. The second-order valence-electron chi connectivity index (χ2n) is 3.67. The van der Waals surface area contributed by atoms with E-state index in [4.69, 9.17) is 15.2 Å². The van der Waals surface area contributed by atoms with Gasteiger partial charge in [0.15, 0.2) is 0 Å². The molecule has 4 heteroatoms. The predicted molar refractivity (Wildman–Crippen MR) is 61.8 cm³/mol. The van der Waals surface area contributed by atoms with Gasteiger partial charge >= 0.3 is 0 Å². The fourth-order valence-electron chi connectivity index (χ4n) is 1.70.